The number of rotatable bonds is 5. The molecule has 1 saturated carbocycles. The van der Waals surface area contributed by atoms with E-state index in [2.05, 4.69) is 35.2 Å². The maximum atomic E-state index is 5.62. The molecule has 0 saturated heterocycles. The number of nitrogens with zero attached hydrogens (tertiary/aromatic N) is 2. The van der Waals surface area contributed by atoms with Crippen LogP contribution in [0.5, 0.6) is 0 Å². The van der Waals surface area contributed by atoms with Crippen molar-refractivity contribution >= 4 is 16.7 Å². The number of aromatic nitrogens is 1. The van der Waals surface area contributed by atoms with E-state index in [1.165, 1.54) is 18.2 Å². The topological polar surface area (TPSA) is 42.1 Å². The summed E-state index contributed by atoms with van der Waals surface area (Å²) in [6.07, 6.45) is 3.61. The molecule has 3 nitrogen and oxygen atoms in total. The Morgan fingerprint density at radius 2 is 2.00 bits per heavy atom. The first-order valence-corrected chi connectivity index (χ1v) is 6.71. The van der Waals surface area contributed by atoms with Crippen molar-refractivity contribution in [3.63, 3.8) is 0 Å². The number of benzene rings is 1. The summed E-state index contributed by atoms with van der Waals surface area (Å²) in [5.74, 6) is 1.10. The maximum absolute atomic E-state index is 5.62. The van der Waals surface area contributed by atoms with Gasteiger partial charge < -0.3 is 10.6 Å². The highest BCUT2D eigenvalue weighted by atomic mass is 15.2. The molecule has 0 spiro atoms. The molecule has 0 radical (unpaired) electrons. The molecule has 94 valence electrons. The summed E-state index contributed by atoms with van der Waals surface area (Å²) in [6, 6.07) is 13.3. The molecule has 2 aromatic rings. The molecule has 0 unspecified atom stereocenters. The van der Waals surface area contributed by atoms with Crippen LogP contribution in [-0.2, 0) is 0 Å². The van der Waals surface area contributed by atoms with Gasteiger partial charge in [-0.1, -0.05) is 18.2 Å². The van der Waals surface area contributed by atoms with Gasteiger partial charge in [0.25, 0.3) is 0 Å². The van der Waals surface area contributed by atoms with E-state index in [-0.39, 0.29) is 0 Å². The molecule has 0 atom stereocenters. The minimum absolute atomic E-state index is 0.685. The van der Waals surface area contributed by atoms with E-state index in [0.717, 1.165) is 30.8 Å². The Labute approximate surface area is 108 Å². The lowest BCUT2D eigenvalue weighted by Crippen LogP contribution is -2.29. The molecule has 1 fully saturated rings. The van der Waals surface area contributed by atoms with Crippen LogP contribution in [-0.4, -0.2) is 24.1 Å². The van der Waals surface area contributed by atoms with Crippen LogP contribution in [0, 0.1) is 0 Å². The first-order valence-electron chi connectivity index (χ1n) is 6.71. The quantitative estimate of drug-likeness (QED) is 0.874. The van der Waals surface area contributed by atoms with Gasteiger partial charge in [-0.3, -0.25) is 0 Å². The fraction of sp³-hybridized carbons (Fsp3) is 0.400. The Bertz CT molecular complexity index is 534. The van der Waals surface area contributed by atoms with Crippen molar-refractivity contribution in [3.8, 4) is 0 Å². The number of pyridine rings is 1. The normalized spacial score (nSPS) is 14.9. The summed E-state index contributed by atoms with van der Waals surface area (Å²) < 4.78 is 0. The van der Waals surface area contributed by atoms with E-state index in [0.29, 0.717) is 6.04 Å². The zero-order chi connectivity index (χ0) is 12.4. The number of fused-ring (bicyclic) bond motifs is 1. The highest BCUT2D eigenvalue weighted by Gasteiger charge is 2.29. The summed E-state index contributed by atoms with van der Waals surface area (Å²) in [4.78, 5) is 7.19. The molecule has 1 aliphatic rings. The second kappa shape index (κ2) is 4.94. The molecule has 0 aliphatic heterocycles. The van der Waals surface area contributed by atoms with Crippen LogP contribution in [0.3, 0.4) is 0 Å². The van der Waals surface area contributed by atoms with Crippen LogP contribution in [0.25, 0.3) is 10.9 Å². The predicted octanol–water partition coefficient (Wildman–Crippen LogP) is 2.55. The maximum Gasteiger partial charge on any atom is 0.129 e. The highest BCUT2D eigenvalue weighted by Crippen LogP contribution is 2.31. The molecule has 3 heteroatoms. The second-order valence-corrected chi connectivity index (χ2v) is 4.93. The number of hydrogen-bond acceptors (Lipinski definition) is 3. The van der Waals surface area contributed by atoms with E-state index < -0.39 is 0 Å². The fourth-order valence-electron chi connectivity index (χ4n) is 2.35. The van der Waals surface area contributed by atoms with Gasteiger partial charge in [-0.05, 0) is 44.0 Å². The molecule has 1 heterocycles. The Morgan fingerprint density at radius 1 is 1.17 bits per heavy atom. The van der Waals surface area contributed by atoms with E-state index >= 15 is 0 Å². The zero-order valence-corrected chi connectivity index (χ0v) is 10.5. The van der Waals surface area contributed by atoms with Crippen LogP contribution >= 0.6 is 0 Å². The number of para-hydroxylation sites is 1. The van der Waals surface area contributed by atoms with Gasteiger partial charge in [0.1, 0.15) is 5.82 Å². The van der Waals surface area contributed by atoms with E-state index in [9.17, 15) is 0 Å². The molecule has 18 heavy (non-hydrogen) atoms. The minimum Gasteiger partial charge on any atom is -0.354 e. The van der Waals surface area contributed by atoms with Gasteiger partial charge in [0, 0.05) is 18.0 Å². The smallest absolute Gasteiger partial charge is 0.129 e. The van der Waals surface area contributed by atoms with Gasteiger partial charge in [0.05, 0.1) is 5.52 Å². The average Bonchev–Trinajstić information content (AvgIpc) is 3.24. The van der Waals surface area contributed by atoms with Crippen molar-refractivity contribution < 1.29 is 0 Å². The fourth-order valence-corrected chi connectivity index (χ4v) is 2.35. The lowest BCUT2D eigenvalue weighted by Gasteiger charge is -2.23. The molecule has 1 aromatic heterocycles. The van der Waals surface area contributed by atoms with Gasteiger partial charge in [-0.2, -0.15) is 0 Å². The van der Waals surface area contributed by atoms with E-state index in [1.807, 2.05) is 6.07 Å². The van der Waals surface area contributed by atoms with Crippen molar-refractivity contribution in [1.82, 2.24) is 4.98 Å². The summed E-state index contributed by atoms with van der Waals surface area (Å²) in [5.41, 5.74) is 6.70. The molecule has 0 bridgehead atoms. The Balaban J connectivity index is 1.90. The van der Waals surface area contributed by atoms with Crippen molar-refractivity contribution in [2.24, 2.45) is 5.73 Å². The first-order chi connectivity index (χ1) is 8.88. The van der Waals surface area contributed by atoms with Crippen LogP contribution in [0.2, 0.25) is 0 Å². The van der Waals surface area contributed by atoms with Gasteiger partial charge in [0.2, 0.25) is 0 Å². The summed E-state index contributed by atoms with van der Waals surface area (Å²) in [5, 5.41) is 1.20. The second-order valence-electron chi connectivity index (χ2n) is 4.93. The minimum atomic E-state index is 0.685. The number of hydrogen-bond donors (Lipinski definition) is 1. The third-order valence-electron chi connectivity index (χ3n) is 3.47. The lowest BCUT2D eigenvalue weighted by atomic mass is 10.2. The molecule has 2 N–H and O–H groups in total. The zero-order valence-electron chi connectivity index (χ0n) is 10.5. The summed E-state index contributed by atoms with van der Waals surface area (Å²) in [7, 11) is 0. The Hall–Kier alpha value is -1.61. The largest absolute Gasteiger partial charge is 0.354 e. The highest BCUT2D eigenvalue weighted by molar-refractivity contribution is 5.80. The number of nitrogens with two attached hydrogens (primary N) is 1. The standard InChI is InChI=1S/C15H19N3/c16-10-3-11-18(13-7-8-13)15-9-6-12-4-1-2-5-14(12)17-15/h1-2,4-6,9,13H,3,7-8,10-11,16H2. The molecular formula is C15H19N3. The summed E-state index contributed by atoms with van der Waals surface area (Å²) >= 11 is 0. The van der Waals surface area contributed by atoms with Gasteiger partial charge in [0.15, 0.2) is 0 Å². The van der Waals surface area contributed by atoms with Crippen molar-refractivity contribution in [2.45, 2.75) is 25.3 Å². The third kappa shape index (κ3) is 2.31. The van der Waals surface area contributed by atoms with Gasteiger partial charge in [-0.15, -0.1) is 0 Å². The lowest BCUT2D eigenvalue weighted by molar-refractivity contribution is 0.724. The van der Waals surface area contributed by atoms with E-state index in [1.54, 1.807) is 0 Å². The van der Waals surface area contributed by atoms with Crippen molar-refractivity contribution in [1.29, 1.82) is 0 Å². The van der Waals surface area contributed by atoms with Crippen LogP contribution in [0.15, 0.2) is 36.4 Å². The Kier molecular flexibility index (Phi) is 3.15. The number of anilines is 1. The van der Waals surface area contributed by atoms with Crippen molar-refractivity contribution in [2.75, 3.05) is 18.0 Å². The SMILES string of the molecule is NCCCN(c1ccc2ccccc2n1)C1CC1. The monoisotopic (exact) mass is 241 g/mol. The van der Waals surface area contributed by atoms with E-state index in [4.69, 9.17) is 10.7 Å². The van der Waals surface area contributed by atoms with Crippen LogP contribution < -0.4 is 10.6 Å². The average molecular weight is 241 g/mol. The molecule has 1 aromatic carbocycles. The molecular weight excluding hydrogens is 222 g/mol. The molecule has 1 aliphatic carbocycles. The molecule has 3 rings (SSSR count). The van der Waals surface area contributed by atoms with Crippen LogP contribution in [0.1, 0.15) is 19.3 Å². The Morgan fingerprint density at radius 3 is 2.78 bits per heavy atom. The molecule has 0 amide bonds. The summed E-state index contributed by atoms with van der Waals surface area (Å²) in [6.45, 7) is 1.77. The first kappa shape index (κ1) is 11.5. The third-order valence-corrected chi connectivity index (χ3v) is 3.47. The predicted molar refractivity (Wildman–Crippen MR) is 75.8 cm³/mol. The van der Waals surface area contributed by atoms with Gasteiger partial charge in [-0.25, -0.2) is 4.98 Å². The van der Waals surface area contributed by atoms with Gasteiger partial charge >= 0.3 is 0 Å². The van der Waals surface area contributed by atoms with Crippen molar-refractivity contribution in [3.05, 3.63) is 36.4 Å². The van der Waals surface area contributed by atoms with Crippen LogP contribution in [0.4, 0.5) is 5.82 Å².